The van der Waals surface area contributed by atoms with Gasteiger partial charge in [-0.3, -0.25) is 18.5 Å². The van der Waals surface area contributed by atoms with Crippen LogP contribution in [0, 0.1) is 0 Å². The van der Waals surface area contributed by atoms with Gasteiger partial charge in [0.25, 0.3) is 20.0 Å². The predicted octanol–water partition coefficient (Wildman–Crippen LogP) is -3.65. The topological polar surface area (TPSA) is 321 Å². The van der Waals surface area contributed by atoms with Crippen molar-refractivity contribution in [2.75, 3.05) is 18.9 Å². The SMILES string of the molecule is NC(=O)c1ccc[n+]([13CH]2O[13CH]([13CH2]OP(=O)([O-])OP(=O)(O)OC[C@H]3O[C@@H](n4cnc5c(N)ncnc54)[C@H](O)[C@@H]3O)[13CH](O)[13CH]2O)c1. The van der Waals surface area contributed by atoms with Crippen molar-refractivity contribution >= 4 is 38.5 Å². The van der Waals surface area contributed by atoms with E-state index < -0.39 is 83.8 Å². The van der Waals surface area contributed by atoms with E-state index in [4.69, 9.17) is 20.9 Å². The highest BCUT2D eigenvalue weighted by molar-refractivity contribution is 7.60. The van der Waals surface area contributed by atoms with Crippen LogP contribution in [0.4, 0.5) is 5.82 Å². The molecule has 1 amide bonds. The first-order valence-electron chi connectivity index (χ1n) is 12.6. The summed E-state index contributed by atoms with van der Waals surface area (Å²) in [5, 5.41) is 41.6. The van der Waals surface area contributed by atoms with E-state index in [-0.39, 0.29) is 22.5 Å². The van der Waals surface area contributed by atoms with E-state index in [0.29, 0.717) is 0 Å². The number of aromatic nitrogens is 5. The Morgan fingerprint density at radius 3 is 2.45 bits per heavy atom. The number of hydrogen-bond acceptors (Lipinski definition) is 17. The van der Waals surface area contributed by atoms with Crippen molar-refractivity contribution in [3.63, 3.8) is 0 Å². The fourth-order valence-electron chi connectivity index (χ4n) is 4.57. The van der Waals surface area contributed by atoms with Gasteiger partial charge in [-0.25, -0.2) is 23.8 Å². The van der Waals surface area contributed by atoms with E-state index in [2.05, 4.69) is 28.3 Å². The van der Waals surface area contributed by atoms with Crippen molar-refractivity contribution in [3.05, 3.63) is 42.7 Å². The highest BCUT2D eigenvalue weighted by Crippen LogP contribution is 2.58. The van der Waals surface area contributed by atoms with E-state index in [1.807, 2.05) is 0 Å². The number of fused-ring (bicyclic) bond motifs is 1. The number of nitrogen functional groups attached to an aromatic ring is 1. The zero-order valence-electron chi connectivity index (χ0n) is 22.2. The summed E-state index contributed by atoms with van der Waals surface area (Å²) >= 11 is 0. The van der Waals surface area contributed by atoms with Gasteiger partial charge in [-0.1, -0.05) is 0 Å². The van der Waals surface area contributed by atoms with E-state index in [1.165, 1.54) is 40.0 Å². The Hall–Kier alpha value is -3.01. The number of amides is 1. The molecule has 21 nitrogen and oxygen atoms in total. The highest BCUT2D eigenvalue weighted by Gasteiger charge is 2.49. The van der Waals surface area contributed by atoms with E-state index in [9.17, 15) is 44.1 Å². The molecule has 2 aliphatic heterocycles. The Labute approximate surface area is 246 Å². The third-order valence-corrected chi connectivity index (χ3v) is 9.30. The number of carbonyl (C=O) groups is 1. The Balaban J connectivity index is 1.16. The molecular formula is C21H27N7O14P2. The van der Waals surface area contributed by atoms with Crippen molar-refractivity contribution in [3.8, 4) is 0 Å². The summed E-state index contributed by atoms with van der Waals surface area (Å²) in [6.07, 6.45) is -7.05. The molecule has 3 aromatic heterocycles. The average Bonchev–Trinajstić information content (AvgIpc) is 3.61. The molecule has 0 bridgehead atoms. The first-order valence-corrected chi connectivity index (χ1v) is 15.5. The Morgan fingerprint density at radius 1 is 1.05 bits per heavy atom. The summed E-state index contributed by atoms with van der Waals surface area (Å²) in [6.45, 7) is -1.89. The van der Waals surface area contributed by atoms with Crippen LogP contribution in [-0.2, 0) is 32.0 Å². The second-order valence-corrected chi connectivity index (χ2v) is 12.7. The molecule has 0 radical (unpaired) electrons. The van der Waals surface area contributed by atoms with Gasteiger partial charge in [0.1, 0.15) is 47.9 Å². The van der Waals surface area contributed by atoms with Crippen LogP contribution < -0.4 is 20.9 Å². The Kier molecular flexibility index (Phi) is 9.13. The van der Waals surface area contributed by atoms with Crippen molar-refractivity contribution in [2.45, 2.75) is 49.1 Å². The number of pyridine rings is 1. The van der Waals surface area contributed by atoms with E-state index in [1.54, 1.807) is 0 Å². The van der Waals surface area contributed by atoms with Gasteiger partial charge >= 0.3 is 7.82 Å². The lowest BCUT2D eigenvalue weighted by Crippen LogP contribution is -2.46. The van der Waals surface area contributed by atoms with Crippen LogP contribution in [0.3, 0.4) is 0 Å². The van der Waals surface area contributed by atoms with Crippen molar-refractivity contribution in [2.24, 2.45) is 5.73 Å². The molecule has 9 N–H and O–H groups in total. The number of nitrogens with two attached hydrogens (primary N) is 2. The van der Waals surface area contributed by atoms with Gasteiger partial charge in [0.2, 0.25) is 0 Å². The number of phosphoric acid groups is 2. The monoisotopic (exact) mass is 668 g/mol. The maximum Gasteiger partial charge on any atom is 0.478 e. The Bertz CT molecular complexity index is 1630. The molecule has 44 heavy (non-hydrogen) atoms. The number of anilines is 1. The van der Waals surface area contributed by atoms with E-state index in [0.717, 1.165) is 6.33 Å². The first-order chi connectivity index (χ1) is 20.7. The van der Waals surface area contributed by atoms with Crippen molar-refractivity contribution in [1.82, 2.24) is 19.5 Å². The van der Waals surface area contributed by atoms with Gasteiger partial charge in [-0.15, -0.1) is 0 Å². The zero-order chi connectivity index (χ0) is 32.0. The van der Waals surface area contributed by atoms with Crippen LogP contribution in [0.5, 0.6) is 0 Å². The van der Waals surface area contributed by atoms with Crippen LogP contribution in [0.1, 0.15) is 22.8 Å². The lowest BCUT2D eigenvalue weighted by Gasteiger charge is -2.26. The number of primary amides is 1. The molecule has 0 aliphatic carbocycles. The van der Waals surface area contributed by atoms with Crippen LogP contribution in [0.15, 0.2) is 37.2 Å². The molecule has 5 heterocycles. The second kappa shape index (κ2) is 12.4. The number of carbonyl (C=O) groups excluding carboxylic acids is 1. The number of aliphatic hydroxyl groups is 4. The standard InChI is InChI=1S/C21H27N7O14P2/c22-17-12-19(25-7-24-17)28(8-26-12)21-16(32)14(30)11(41-21)6-39-44(36,37)42-43(34,35)38-5-10-13(29)15(31)20(40-10)27-3-1-2-9(4-27)18(23)33/h1-4,7-8,10-11,13-16,20-21,29-32H,5-6H2,(H5-,22,23,24,25,33,34,35,36,37)/t10?,11-,13?,14-,15?,16-,20?,21-/m1/s1/i5+1,10+1,13+1,15+1,20+1. The summed E-state index contributed by atoms with van der Waals surface area (Å²) in [6, 6.07) is 2.82. The van der Waals surface area contributed by atoms with Crippen LogP contribution in [0.2, 0.25) is 0 Å². The molecule has 10 atom stereocenters. The molecule has 3 aromatic rings. The molecule has 23 heteroatoms. The fraction of sp³-hybridized carbons (Fsp3) is 0.476. The lowest BCUT2D eigenvalue weighted by molar-refractivity contribution is -0.765. The molecule has 2 saturated heterocycles. The van der Waals surface area contributed by atoms with Gasteiger partial charge in [0.15, 0.2) is 36.2 Å². The maximum atomic E-state index is 12.4. The first kappa shape index (κ1) is 32.4. The minimum Gasteiger partial charge on any atom is -0.756 e. The quantitative estimate of drug-likeness (QED) is 0.0588. The second-order valence-electron chi connectivity index (χ2n) is 9.67. The molecule has 2 aliphatic rings. The van der Waals surface area contributed by atoms with Gasteiger partial charge in [0, 0.05) is 6.07 Å². The number of rotatable bonds is 11. The van der Waals surface area contributed by atoms with Gasteiger partial charge in [0.05, 0.1) is 19.5 Å². The van der Waals surface area contributed by atoms with Gasteiger partial charge in [-0.2, -0.15) is 4.57 Å². The number of nitrogens with zero attached hydrogens (tertiary/aromatic N) is 5. The van der Waals surface area contributed by atoms with Crippen LogP contribution in [0.25, 0.3) is 11.2 Å². The molecular weight excluding hydrogens is 641 g/mol. The largest absolute Gasteiger partial charge is 0.756 e. The highest BCUT2D eigenvalue weighted by atomic mass is 31.3. The summed E-state index contributed by atoms with van der Waals surface area (Å²) in [7, 11) is -11.0. The third kappa shape index (κ3) is 6.65. The zero-order valence-corrected chi connectivity index (χ0v) is 24.0. The molecule has 240 valence electrons. The molecule has 0 spiro atoms. The lowest BCUT2D eigenvalue weighted by atomic mass is 10.1. The molecule has 6 unspecified atom stereocenters. The average molecular weight is 668 g/mol. The van der Waals surface area contributed by atoms with Gasteiger partial charge in [-0.05, 0) is 6.07 Å². The maximum absolute atomic E-state index is 12.4. The van der Waals surface area contributed by atoms with Gasteiger partial charge < -0.3 is 55.7 Å². The molecule has 0 saturated carbocycles. The van der Waals surface area contributed by atoms with Crippen molar-refractivity contribution in [1.29, 1.82) is 0 Å². The number of hydrogen-bond donors (Lipinski definition) is 7. The Morgan fingerprint density at radius 2 is 1.73 bits per heavy atom. The third-order valence-electron chi connectivity index (χ3n) is 6.74. The summed E-state index contributed by atoms with van der Waals surface area (Å²) in [5.41, 5.74) is 11.4. The molecule has 0 aromatic carbocycles. The number of ether oxygens (including phenoxy) is 2. The van der Waals surface area contributed by atoms with Crippen molar-refractivity contribution < 1.29 is 71.5 Å². The molecule has 2 fully saturated rings. The predicted molar refractivity (Wildman–Crippen MR) is 137 cm³/mol. The fourth-order valence-corrected chi connectivity index (χ4v) is 6.62. The minimum atomic E-state index is -5.62. The number of phosphoric ester groups is 2. The summed E-state index contributed by atoms with van der Waals surface area (Å²) < 4.78 is 51.5. The van der Waals surface area contributed by atoms with Crippen LogP contribution in [-0.4, -0.2) is 101 Å². The van der Waals surface area contributed by atoms with E-state index >= 15 is 0 Å². The van der Waals surface area contributed by atoms with Crippen LogP contribution >= 0.6 is 15.6 Å². The summed E-state index contributed by atoms with van der Waals surface area (Å²) in [5.74, 6) is -0.729. The number of aliphatic hydroxyl groups excluding tert-OH is 4. The molecule has 5 rings (SSSR count). The smallest absolute Gasteiger partial charge is 0.478 e. The normalized spacial score (nSPS) is 31.6. The number of imidazole rings is 1. The minimum absolute atomic E-state index is 0.0446. The summed E-state index contributed by atoms with van der Waals surface area (Å²) in [4.78, 5) is 45.5.